The van der Waals surface area contributed by atoms with E-state index in [-0.39, 0.29) is 22.5 Å². The smallest absolute Gasteiger partial charge is 0.147 e. The highest BCUT2D eigenvalue weighted by Crippen LogP contribution is 2.60. The number of anilines is 6. The number of ether oxygens (including phenoxy) is 6. The third-order valence-electron chi connectivity index (χ3n) is 21.2. The lowest BCUT2D eigenvalue weighted by Gasteiger charge is -2.40. The van der Waals surface area contributed by atoms with E-state index in [1.807, 2.05) is 58.3 Å². The van der Waals surface area contributed by atoms with Crippen molar-refractivity contribution >= 4 is 34.1 Å². The zero-order valence-corrected chi connectivity index (χ0v) is 55.3. The quantitative estimate of drug-likeness (QED) is 0.0705. The number of fused-ring (bicyclic) bond motifs is 6. The number of halogens is 2. The normalized spacial score (nSPS) is 17.2. The van der Waals surface area contributed by atoms with E-state index in [4.69, 9.17) is 28.4 Å². The van der Waals surface area contributed by atoms with E-state index < -0.39 is 10.8 Å². The molecule has 98 heavy (non-hydrogen) atoms. The van der Waals surface area contributed by atoms with Crippen LogP contribution in [0.5, 0.6) is 23.0 Å². The first-order valence-electron chi connectivity index (χ1n) is 33.8. The SMILES string of the molecule is CCC1(COc2ccc(C3(c4ccc(OC)cc4)c4ccccc4-c4ccc(N(c5ccc(-c6ccc(N(c7ccc8c(c7)C(c7ccc(OC)cc7)(c7ccc(OCC9(CC)COC9)cc7)c7ccccc7-8)c7ccccc7F)cc6)cc5)c5ccccc5F)cc43)cc2)COC1. The van der Waals surface area contributed by atoms with Gasteiger partial charge in [0.1, 0.15) is 34.6 Å². The Morgan fingerprint density at radius 1 is 0.337 bits per heavy atom. The molecule has 0 saturated carbocycles. The van der Waals surface area contributed by atoms with Crippen LogP contribution in [0.2, 0.25) is 0 Å². The van der Waals surface area contributed by atoms with Gasteiger partial charge in [0.05, 0.1) is 86.9 Å². The van der Waals surface area contributed by atoms with Crippen molar-refractivity contribution in [3.63, 3.8) is 0 Å². The molecule has 12 aromatic rings. The van der Waals surface area contributed by atoms with Crippen LogP contribution in [0, 0.1) is 22.5 Å². The van der Waals surface area contributed by atoms with Gasteiger partial charge < -0.3 is 38.2 Å². The predicted molar refractivity (Wildman–Crippen MR) is 387 cm³/mol. The van der Waals surface area contributed by atoms with Crippen molar-refractivity contribution in [3.05, 3.63) is 335 Å². The summed E-state index contributed by atoms with van der Waals surface area (Å²) < 4.78 is 69.1. The van der Waals surface area contributed by atoms with Gasteiger partial charge in [-0.2, -0.15) is 0 Å². The van der Waals surface area contributed by atoms with E-state index in [1.165, 1.54) is 12.1 Å². The Kier molecular flexibility index (Phi) is 16.0. The second-order valence-electron chi connectivity index (χ2n) is 26.5. The summed E-state index contributed by atoms with van der Waals surface area (Å²) in [6.07, 6.45) is 1.97. The zero-order valence-electron chi connectivity index (χ0n) is 55.3. The van der Waals surface area contributed by atoms with Crippen LogP contribution in [0.1, 0.15) is 71.2 Å². The van der Waals surface area contributed by atoms with Crippen molar-refractivity contribution in [1.82, 2.24) is 0 Å². The molecule has 2 aliphatic carbocycles. The second kappa shape index (κ2) is 25.3. The van der Waals surface area contributed by atoms with Gasteiger partial charge in [-0.1, -0.05) is 172 Å². The first-order chi connectivity index (χ1) is 48.1. The molecule has 0 amide bonds. The summed E-state index contributed by atoms with van der Waals surface area (Å²) in [5.74, 6) is 2.40. The number of methoxy groups -OCH3 is 2. The van der Waals surface area contributed by atoms with E-state index in [1.54, 1.807) is 26.4 Å². The Balaban J connectivity index is 0.765. The summed E-state index contributed by atoms with van der Waals surface area (Å²) >= 11 is 0. The molecule has 486 valence electrons. The summed E-state index contributed by atoms with van der Waals surface area (Å²) in [6, 6.07) is 94.7. The van der Waals surface area contributed by atoms with Crippen LogP contribution in [0.4, 0.5) is 42.9 Å². The summed E-state index contributed by atoms with van der Waals surface area (Å²) in [6.45, 7) is 8.37. The topological polar surface area (TPSA) is 61.9 Å². The standard InChI is InChI=1S/C88H74F2N2O6/c1-5-85(53-95-54-85)57-97-71-45-31-63(32-46-71)87(61-27-41-69(93-3)42-28-61)77-17-9-7-15-73(77)75-49-39-67(51-79(75)87)91(83-21-13-11-19-81(83)89)65-35-23-59(24-36-65)60-25-37-66(38-26-60)92(84-22-14-12-20-82(84)90)68-40-50-76-74-16-8-10-18-78(74)88(80(76)52-68,62-29-43-70(94-4)44-30-62)64-33-47-72(48-34-64)98-58-86(6-2)55-96-56-86/h7-52H,5-6,53-58H2,1-4H3. The summed E-state index contributed by atoms with van der Waals surface area (Å²) in [7, 11) is 3.38. The highest BCUT2D eigenvalue weighted by molar-refractivity contribution is 5.92. The lowest BCUT2D eigenvalue weighted by Crippen LogP contribution is -2.46. The molecule has 2 fully saturated rings. The molecule has 0 bridgehead atoms. The first kappa shape index (κ1) is 62.1. The highest BCUT2D eigenvalue weighted by atomic mass is 19.1. The maximum absolute atomic E-state index is 16.7. The Morgan fingerprint density at radius 3 is 0.980 bits per heavy atom. The maximum atomic E-state index is 16.7. The fourth-order valence-electron chi connectivity index (χ4n) is 15.4. The number of nitrogens with zero attached hydrogens (tertiary/aromatic N) is 2. The molecule has 0 N–H and O–H groups in total. The van der Waals surface area contributed by atoms with Gasteiger partial charge >= 0.3 is 0 Å². The Morgan fingerprint density at radius 2 is 0.653 bits per heavy atom. The summed E-state index contributed by atoms with van der Waals surface area (Å²) in [4.78, 5) is 4.02. The number of hydrogen-bond acceptors (Lipinski definition) is 8. The lowest BCUT2D eigenvalue weighted by molar-refractivity contribution is -0.133. The number of benzene rings is 12. The van der Waals surface area contributed by atoms with Crippen molar-refractivity contribution < 1.29 is 37.2 Å². The third kappa shape index (κ3) is 10.4. The van der Waals surface area contributed by atoms with Crippen LogP contribution in [0.3, 0.4) is 0 Å². The zero-order chi connectivity index (χ0) is 66.6. The predicted octanol–water partition coefficient (Wildman–Crippen LogP) is 20.9. The molecule has 10 heteroatoms. The maximum Gasteiger partial charge on any atom is 0.147 e. The molecule has 16 rings (SSSR count). The van der Waals surface area contributed by atoms with Crippen LogP contribution in [0.15, 0.2) is 279 Å². The Bertz CT molecular complexity index is 4580. The summed E-state index contributed by atoms with van der Waals surface area (Å²) in [5, 5.41) is 0. The average Bonchev–Trinajstić information content (AvgIpc) is 1.53. The molecule has 0 spiro atoms. The summed E-state index contributed by atoms with van der Waals surface area (Å²) in [5.41, 5.74) is 17.4. The van der Waals surface area contributed by atoms with E-state index in [0.717, 1.165) is 136 Å². The number of hydrogen-bond donors (Lipinski definition) is 0. The number of para-hydroxylation sites is 2. The molecule has 2 aliphatic heterocycles. The molecule has 4 aliphatic rings. The fourth-order valence-corrected chi connectivity index (χ4v) is 15.4. The van der Waals surface area contributed by atoms with Crippen molar-refractivity contribution in [2.75, 3.05) is 63.7 Å². The monoisotopic (exact) mass is 1290 g/mol. The van der Waals surface area contributed by atoms with Crippen molar-refractivity contribution in [1.29, 1.82) is 0 Å². The van der Waals surface area contributed by atoms with E-state index >= 15 is 8.78 Å². The largest absolute Gasteiger partial charge is 0.497 e. The highest BCUT2D eigenvalue weighted by Gasteiger charge is 2.49. The van der Waals surface area contributed by atoms with E-state index in [0.29, 0.717) is 51.0 Å². The minimum atomic E-state index is -0.793. The fraction of sp³-hybridized carbons (Fsp3) is 0.182. The molecular weight excluding hydrogens is 1220 g/mol. The lowest BCUT2D eigenvalue weighted by atomic mass is 9.67. The molecule has 8 nitrogen and oxygen atoms in total. The molecule has 2 saturated heterocycles. The number of rotatable bonds is 21. The minimum absolute atomic E-state index is 0.0275. The van der Waals surface area contributed by atoms with Crippen LogP contribution in [0.25, 0.3) is 33.4 Å². The second-order valence-corrected chi connectivity index (χ2v) is 26.5. The van der Waals surface area contributed by atoms with Gasteiger partial charge in [-0.05, 0) is 212 Å². The minimum Gasteiger partial charge on any atom is -0.497 e. The average molecular weight is 1290 g/mol. The molecule has 0 aromatic heterocycles. The van der Waals surface area contributed by atoms with Gasteiger partial charge in [0.25, 0.3) is 0 Å². The Labute approximate surface area is 571 Å². The van der Waals surface area contributed by atoms with Gasteiger partial charge in [-0.3, -0.25) is 0 Å². The van der Waals surface area contributed by atoms with Crippen LogP contribution < -0.4 is 28.7 Å². The van der Waals surface area contributed by atoms with E-state index in [2.05, 4.69) is 220 Å². The van der Waals surface area contributed by atoms with Crippen LogP contribution >= 0.6 is 0 Å². The van der Waals surface area contributed by atoms with Crippen LogP contribution in [-0.2, 0) is 20.3 Å². The van der Waals surface area contributed by atoms with Gasteiger partial charge in [0, 0.05) is 22.7 Å². The molecule has 2 atom stereocenters. The third-order valence-corrected chi connectivity index (χ3v) is 21.2. The van der Waals surface area contributed by atoms with Crippen molar-refractivity contribution in [3.8, 4) is 56.4 Å². The van der Waals surface area contributed by atoms with Crippen LogP contribution in [-0.4, -0.2) is 53.9 Å². The Hall–Kier alpha value is -10.8. The van der Waals surface area contributed by atoms with E-state index in [9.17, 15) is 0 Å². The van der Waals surface area contributed by atoms with Gasteiger partial charge in [-0.15, -0.1) is 0 Å². The molecule has 2 unspecified atom stereocenters. The van der Waals surface area contributed by atoms with Gasteiger partial charge in [-0.25, -0.2) is 8.78 Å². The van der Waals surface area contributed by atoms with Crippen molar-refractivity contribution in [2.24, 2.45) is 10.8 Å². The molecule has 2 heterocycles. The van der Waals surface area contributed by atoms with Gasteiger partial charge in [0.2, 0.25) is 0 Å². The van der Waals surface area contributed by atoms with Crippen molar-refractivity contribution in [2.45, 2.75) is 37.5 Å². The van der Waals surface area contributed by atoms with Gasteiger partial charge in [0.15, 0.2) is 0 Å². The first-order valence-corrected chi connectivity index (χ1v) is 33.8. The molecule has 12 aromatic carbocycles. The molecular formula is C88H74F2N2O6. The molecule has 0 radical (unpaired) electrons.